The van der Waals surface area contributed by atoms with Gasteiger partial charge in [-0.05, 0) is 36.4 Å². The molecule has 29 heavy (non-hydrogen) atoms. The van der Waals surface area contributed by atoms with Gasteiger partial charge in [0.15, 0.2) is 0 Å². The van der Waals surface area contributed by atoms with E-state index in [1.54, 1.807) is 41.3 Å². The van der Waals surface area contributed by atoms with Crippen molar-refractivity contribution in [3.05, 3.63) is 57.6 Å². The van der Waals surface area contributed by atoms with E-state index < -0.39 is 6.09 Å². The summed E-state index contributed by atoms with van der Waals surface area (Å²) in [6.07, 6.45) is 0.828. The highest BCUT2D eigenvalue weighted by Crippen LogP contribution is 2.27. The average Bonchev–Trinajstić information content (AvgIpc) is 3.32. The van der Waals surface area contributed by atoms with Gasteiger partial charge in [-0.2, -0.15) is 0 Å². The zero-order chi connectivity index (χ0) is 20.4. The summed E-state index contributed by atoms with van der Waals surface area (Å²) < 4.78 is 10.9. The van der Waals surface area contributed by atoms with Gasteiger partial charge in [-0.25, -0.2) is 4.79 Å². The number of carbonyl (C=O) groups excluding carboxylic acids is 3. The molecule has 0 spiro atoms. The van der Waals surface area contributed by atoms with Crippen molar-refractivity contribution >= 4 is 52.2 Å². The van der Waals surface area contributed by atoms with Gasteiger partial charge in [-0.3, -0.25) is 14.5 Å². The third-order valence-corrected chi connectivity index (χ3v) is 5.60. The molecule has 2 aliphatic heterocycles. The van der Waals surface area contributed by atoms with Crippen molar-refractivity contribution in [2.45, 2.75) is 0 Å². The summed E-state index contributed by atoms with van der Waals surface area (Å²) >= 11 is 6.99. The van der Waals surface area contributed by atoms with Gasteiger partial charge >= 0.3 is 6.09 Å². The average molecular weight is 434 g/mol. The molecule has 10 heteroatoms. The Morgan fingerprint density at radius 1 is 1.10 bits per heavy atom. The van der Waals surface area contributed by atoms with Crippen LogP contribution in [0.15, 0.2) is 48.4 Å². The number of carbonyl (C=O) groups is 3. The fourth-order valence-electron chi connectivity index (χ4n) is 2.95. The van der Waals surface area contributed by atoms with Crippen molar-refractivity contribution in [3.8, 4) is 0 Å². The van der Waals surface area contributed by atoms with Crippen LogP contribution in [-0.2, 0) is 14.3 Å². The number of hydrogen-bond acceptors (Lipinski definition) is 6. The smallest absolute Gasteiger partial charge is 0.411 e. The summed E-state index contributed by atoms with van der Waals surface area (Å²) in [7, 11) is 0. The van der Waals surface area contributed by atoms with Crippen LogP contribution in [0.4, 0.5) is 16.2 Å². The highest BCUT2D eigenvalue weighted by molar-refractivity contribution is 7.18. The molecule has 2 aromatic rings. The maximum absolute atomic E-state index is 12.2. The number of nitrogens with zero attached hydrogens (tertiary/aromatic N) is 2. The topological polar surface area (TPSA) is 88.2 Å². The SMILES string of the molecule is O=C(N/C=C1/CN(c2ccc(N3CCOCC3=O)cc2)C(=O)O1)c1ccc(Cl)s1. The first-order valence-corrected chi connectivity index (χ1v) is 9.93. The maximum atomic E-state index is 12.2. The molecule has 1 aromatic heterocycles. The number of amides is 3. The molecule has 150 valence electrons. The Morgan fingerprint density at radius 2 is 1.83 bits per heavy atom. The monoisotopic (exact) mass is 433 g/mol. The predicted molar refractivity (Wildman–Crippen MR) is 108 cm³/mol. The van der Waals surface area contributed by atoms with Crippen molar-refractivity contribution in [1.82, 2.24) is 5.32 Å². The number of hydrogen-bond donors (Lipinski definition) is 1. The fraction of sp³-hybridized carbons (Fsp3) is 0.211. The van der Waals surface area contributed by atoms with Crippen LogP contribution in [0.25, 0.3) is 0 Å². The third kappa shape index (κ3) is 4.26. The number of morpholine rings is 1. The van der Waals surface area contributed by atoms with Crippen LogP contribution in [-0.4, -0.2) is 44.2 Å². The minimum absolute atomic E-state index is 0.0672. The van der Waals surface area contributed by atoms with Crippen LogP contribution in [0.2, 0.25) is 4.34 Å². The molecular formula is C19H16ClN3O5S. The summed E-state index contributed by atoms with van der Waals surface area (Å²) in [6, 6.07) is 10.3. The molecule has 0 unspecified atom stereocenters. The molecule has 2 aliphatic rings. The van der Waals surface area contributed by atoms with Crippen LogP contribution in [0.5, 0.6) is 0 Å². The molecule has 0 atom stereocenters. The molecule has 1 N–H and O–H groups in total. The summed E-state index contributed by atoms with van der Waals surface area (Å²) in [5.41, 5.74) is 1.37. The van der Waals surface area contributed by atoms with Gasteiger partial charge in [0.1, 0.15) is 12.4 Å². The van der Waals surface area contributed by atoms with Gasteiger partial charge in [-0.15, -0.1) is 11.3 Å². The maximum Gasteiger partial charge on any atom is 0.419 e. The second kappa shape index (κ2) is 8.24. The predicted octanol–water partition coefficient (Wildman–Crippen LogP) is 2.99. The molecule has 1 aromatic carbocycles. The highest BCUT2D eigenvalue weighted by Gasteiger charge is 2.29. The molecule has 3 amide bonds. The zero-order valence-corrected chi connectivity index (χ0v) is 16.7. The van der Waals surface area contributed by atoms with E-state index in [0.717, 1.165) is 17.0 Å². The van der Waals surface area contributed by atoms with E-state index in [2.05, 4.69) is 5.32 Å². The summed E-state index contributed by atoms with van der Waals surface area (Å²) in [6.45, 7) is 1.23. The fourth-order valence-corrected chi connectivity index (χ4v) is 3.89. The summed E-state index contributed by atoms with van der Waals surface area (Å²) in [5.74, 6) is -0.112. The van der Waals surface area contributed by atoms with Crippen molar-refractivity contribution in [3.63, 3.8) is 0 Å². The first-order valence-electron chi connectivity index (χ1n) is 8.74. The molecule has 2 saturated heterocycles. The minimum Gasteiger partial charge on any atom is -0.411 e. The number of nitrogens with one attached hydrogen (secondary N) is 1. The van der Waals surface area contributed by atoms with Crippen LogP contribution < -0.4 is 15.1 Å². The number of rotatable bonds is 4. The summed E-state index contributed by atoms with van der Waals surface area (Å²) in [4.78, 5) is 39.7. The standard InChI is InChI=1S/C19H16ClN3O5S/c20-16-6-5-15(29-16)18(25)21-9-14-10-23(19(26)28-14)13-3-1-12(2-4-13)22-7-8-27-11-17(22)24/h1-6,9H,7-8,10-11H2,(H,21,25)/b14-9-. The van der Waals surface area contributed by atoms with E-state index in [9.17, 15) is 14.4 Å². The van der Waals surface area contributed by atoms with E-state index in [1.807, 2.05) is 0 Å². The summed E-state index contributed by atoms with van der Waals surface area (Å²) in [5, 5.41) is 2.59. The largest absolute Gasteiger partial charge is 0.419 e. The lowest BCUT2D eigenvalue weighted by Gasteiger charge is -2.27. The van der Waals surface area contributed by atoms with Gasteiger partial charge in [0.2, 0.25) is 0 Å². The van der Waals surface area contributed by atoms with Gasteiger partial charge in [0.25, 0.3) is 11.8 Å². The Labute approximate surface area is 175 Å². The van der Waals surface area contributed by atoms with Crippen LogP contribution in [0, 0.1) is 0 Å². The van der Waals surface area contributed by atoms with Gasteiger partial charge < -0.3 is 19.7 Å². The number of anilines is 2. The lowest BCUT2D eigenvalue weighted by molar-refractivity contribution is -0.125. The van der Waals surface area contributed by atoms with Gasteiger partial charge in [0, 0.05) is 24.1 Å². The van der Waals surface area contributed by atoms with Crippen molar-refractivity contribution in [2.24, 2.45) is 0 Å². The van der Waals surface area contributed by atoms with Crippen molar-refractivity contribution in [1.29, 1.82) is 0 Å². The number of cyclic esters (lactones) is 1. The van der Waals surface area contributed by atoms with Crippen LogP contribution in [0.3, 0.4) is 0 Å². The molecule has 0 aliphatic carbocycles. The molecule has 4 rings (SSSR count). The van der Waals surface area contributed by atoms with E-state index in [0.29, 0.717) is 33.8 Å². The zero-order valence-electron chi connectivity index (χ0n) is 15.1. The minimum atomic E-state index is -0.542. The number of ether oxygens (including phenoxy) is 2. The molecular weight excluding hydrogens is 418 g/mol. The Kier molecular flexibility index (Phi) is 5.52. The molecule has 0 bridgehead atoms. The second-order valence-corrected chi connectivity index (χ2v) is 7.97. The van der Waals surface area contributed by atoms with Gasteiger partial charge in [0.05, 0.1) is 22.4 Å². The Balaban J connectivity index is 1.41. The number of halogens is 1. The van der Waals surface area contributed by atoms with Crippen LogP contribution >= 0.6 is 22.9 Å². The normalized spacial score (nSPS) is 18.3. The highest BCUT2D eigenvalue weighted by atomic mass is 35.5. The van der Waals surface area contributed by atoms with E-state index >= 15 is 0 Å². The van der Waals surface area contributed by atoms with Gasteiger partial charge in [-0.1, -0.05) is 11.6 Å². The van der Waals surface area contributed by atoms with Crippen molar-refractivity contribution < 1.29 is 23.9 Å². The molecule has 0 radical (unpaired) electrons. The van der Waals surface area contributed by atoms with Crippen molar-refractivity contribution in [2.75, 3.05) is 36.1 Å². The second-order valence-electron chi connectivity index (χ2n) is 6.26. The Morgan fingerprint density at radius 3 is 2.48 bits per heavy atom. The number of thiophene rings is 1. The van der Waals surface area contributed by atoms with E-state index in [1.165, 1.54) is 11.1 Å². The van der Waals surface area contributed by atoms with E-state index in [-0.39, 0.29) is 25.0 Å². The van der Waals surface area contributed by atoms with Crippen LogP contribution in [0.1, 0.15) is 9.67 Å². The quantitative estimate of drug-likeness (QED) is 0.800. The first kappa shape index (κ1) is 19.4. The number of benzene rings is 1. The van der Waals surface area contributed by atoms with E-state index in [4.69, 9.17) is 21.1 Å². The first-order chi connectivity index (χ1) is 14.0. The molecule has 0 saturated carbocycles. The third-order valence-electron chi connectivity index (χ3n) is 4.37. The molecule has 8 nitrogen and oxygen atoms in total. The molecule has 2 fully saturated rings. The Hall–Kier alpha value is -2.88. The lowest BCUT2D eigenvalue weighted by Crippen LogP contribution is -2.41. The molecule has 3 heterocycles. The lowest BCUT2D eigenvalue weighted by atomic mass is 10.2. The Bertz CT molecular complexity index is 988.